The molecule has 2 saturated heterocycles. The Morgan fingerprint density at radius 3 is 3.10 bits per heavy atom. The molecule has 2 fully saturated rings. The summed E-state index contributed by atoms with van der Waals surface area (Å²) in [5.74, 6) is 5.90. The van der Waals surface area contributed by atoms with E-state index in [0.717, 1.165) is 19.6 Å². The van der Waals surface area contributed by atoms with Crippen molar-refractivity contribution in [3.8, 4) is 0 Å². The first-order valence-electron chi connectivity index (χ1n) is 7.24. The number of nitrogens with two attached hydrogens (primary N) is 1. The van der Waals surface area contributed by atoms with Gasteiger partial charge in [0.2, 0.25) is 0 Å². The van der Waals surface area contributed by atoms with Crippen molar-refractivity contribution in [1.29, 1.82) is 0 Å². The number of pyridine rings is 1. The number of carbonyl (C=O) groups is 1. The minimum atomic E-state index is 0.0243. The second-order valence-electron chi connectivity index (χ2n) is 5.48. The average Bonchev–Trinajstić information content (AvgIpc) is 2.53. The lowest BCUT2D eigenvalue weighted by Crippen LogP contribution is -2.56. The number of carbonyl (C=O) groups excluding carboxylic acids is 1. The Bertz CT molecular complexity index is 492. The van der Waals surface area contributed by atoms with Crippen molar-refractivity contribution in [2.24, 2.45) is 5.84 Å². The Balaban J connectivity index is 1.74. The van der Waals surface area contributed by atoms with Crippen LogP contribution in [0.15, 0.2) is 18.3 Å². The predicted octanol–water partition coefficient (Wildman–Crippen LogP) is 0.677. The van der Waals surface area contributed by atoms with Crippen LogP contribution in [0.25, 0.3) is 0 Å². The molecule has 1 aromatic rings. The zero-order valence-corrected chi connectivity index (χ0v) is 11.6. The molecule has 1 amide bonds. The number of nitrogens with one attached hydrogen (secondary N) is 1. The van der Waals surface area contributed by atoms with Gasteiger partial charge < -0.3 is 10.3 Å². The van der Waals surface area contributed by atoms with Crippen molar-refractivity contribution in [3.05, 3.63) is 23.9 Å². The van der Waals surface area contributed by atoms with Crippen LogP contribution in [0, 0.1) is 0 Å². The maximum atomic E-state index is 12.6. The Hall–Kier alpha value is -1.66. The molecule has 6 nitrogen and oxygen atoms in total. The topological polar surface area (TPSA) is 74.5 Å². The second-order valence-corrected chi connectivity index (χ2v) is 5.48. The molecule has 0 bridgehead atoms. The molecule has 0 radical (unpaired) electrons. The van der Waals surface area contributed by atoms with E-state index in [9.17, 15) is 4.79 Å². The smallest absolute Gasteiger partial charge is 0.257 e. The third kappa shape index (κ3) is 2.48. The van der Waals surface area contributed by atoms with Crippen molar-refractivity contribution in [2.75, 3.05) is 31.6 Å². The monoisotopic (exact) mass is 275 g/mol. The van der Waals surface area contributed by atoms with E-state index in [4.69, 9.17) is 5.84 Å². The molecular formula is C14H21N5O. The van der Waals surface area contributed by atoms with Gasteiger partial charge in [0.25, 0.3) is 5.91 Å². The normalized spacial score (nSPS) is 23.2. The number of nitrogens with zero attached hydrogens (tertiary/aromatic N) is 3. The molecule has 0 saturated carbocycles. The third-order valence-electron chi connectivity index (χ3n) is 4.30. The molecule has 1 unspecified atom stereocenters. The van der Waals surface area contributed by atoms with Gasteiger partial charge in [-0.05, 0) is 31.5 Å². The molecule has 6 heteroatoms. The number of aromatic nitrogens is 1. The van der Waals surface area contributed by atoms with Crippen LogP contribution in [0.4, 0.5) is 5.82 Å². The summed E-state index contributed by atoms with van der Waals surface area (Å²) < 4.78 is 0. The Morgan fingerprint density at radius 1 is 1.35 bits per heavy atom. The minimum absolute atomic E-state index is 0.0243. The van der Waals surface area contributed by atoms with Gasteiger partial charge in [-0.25, -0.2) is 10.8 Å². The van der Waals surface area contributed by atoms with E-state index in [1.807, 2.05) is 4.90 Å². The van der Waals surface area contributed by atoms with Crippen LogP contribution in [0.1, 0.15) is 29.6 Å². The number of piperazine rings is 1. The lowest BCUT2D eigenvalue weighted by atomic mass is 9.99. The van der Waals surface area contributed by atoms with Crippen molar-refractivity contribution in [3.63, 3.8) is 0 Å². The third-order valence-corrected chi connectivity index (χ3v) is 4.30. The molecule has 2 aliphatic heterocycles. The van der Waals surface area contributed by atoms with E-state index in [1.54, 1.807) is 18.3 Å². The fourth-order valence-corrected chi connectivity index (χ4v) is 3.20. The quantitative estimate of drug-likeness (QED) is 0.613. The van der Waals surface area contributed by atoms with Gasteiger partial charge in [0, 0.05) is 31.9 Å². The number of hydrazine groups is 1. The lowest BCUT2D eigenvalue weighted by molar-refractivity contribution is 0.0373. The maximum Gasteiger partial charge on any atom is 0.257 e. The SMILES string of the molecule is NNc1ncccc1C(=O)N1CCN2CCCCC2C1. The highest BCUT2D eigenvalue weighted by molar-refractivity contribution is 5.98. The summed E-state index contributed by atoms with van der Waals surface area (Å²) in [4.78, 5) is 21.2. The average molecular weight is 275 g/mol. The number of fused-ring (bicyclic) bond motifs is 1. The molecule has 3 N–H and O–H groups in total. The number of piperidine rings is 1. The number of amides is 1. The predicted molar refractivity (Wildman–Crippen MR) is 77.2 cm³/mol. The summed E-state index contributed by atoms with van der Waals surface area (Å²) in [6.07, 6.45) is 5.38. The number of hydrogen-bond donors (Lipinski definition) is 2. The maximum absolute atomic E-state index is 12.6. The molecule has 3 rings (SSSR count). The summed E-state index contributed by atoms with van der Waals surface area (Å²) in [7, 11) is 0. The van der Waals surface area contributed by atoms with E-state index in [2.05, 4.69) is 15.3 Å². The van der Waals surface area contributed by atoms with E-state index in [-0.39, 0.29) is 5.91 Å². The first-order chi connectivity index (χ1) is 9.79. The molecule has 1 aromatic heterocycles. The Morgan fingerprint density at radius 2 is 2.25 bits per heavy atom. The summed E-state index contributed by atoms with van der Waals surface area (Å²) >= 11 is 0. The molecular weight excluding hydrogens is 254 g/mol. The van der Waals surface area contributed by atoms with E-state index in [1.165, 1.54) is 25.8 Å². The fraction of sp³-hybridized carbons (Fsp3) is 0.571. The highest BCUT2D eigenvalue weighted by Crippen LogP contribution is 2.23. The second kappa shape index (κ2) is 5.76. The fourth-order valence-electron chi connectivity index (χ4n) is 3.20. The van der Waals surface area contributed by atoms with Crippen LogP contribution in [-0.2, 0) is 0 Å². The van der Waals surface area contributed by atoms with Crippen molar-refractivity contribution < 1.29 is 4.79 Å². The van der Waals surface area contributed by atoms with Gasteiger partial charge in [0.05, 0.1) is 5.56 Å². The van der Waals surface area contributed by atoms with Crippen LogP contribution < -0.4 is 11.3 Å². The van der Waals surface area contributed by atoms with Crippen LogP contribution in [0.2, 0.25) is 0 Å². The van der Waals surface area contributed by atoms with Gasteiger partial charge in [-0.15, -0.1) is 0 Å². The molecule has 0 spiro atoms. The first-order valence-corrected chi connectivity index (χ1v) is 7.24. The summed E-state index contributed by atoms with van der Waals surface area (Å²) in [6, 6.07) is 4.07. The Kier molecular flexibility index (Phi) is 3.84. The summed E-state index contributed by atoms with van der Waals surface area (Å²) in [6.45, 7) is 3.75. The van der Waals surface area contributed by atoms with Crippen LogP contribution in [0.5, 0.6) is 0 Å². The zero-order valence-electron chi connectivity index (χ0n) is 11.6. The zero-order chi connectivity index (χ0) is 13.9. The number of nitrogen functional groups attached to an aromatic ring is 1. The number of anilines is 1. The van der Waals surface area contributed by atoms with E-state index in [0.29, 0.717) is 17.4 Å². The molecule has 3 heterocycles. The van der Waals surface area contributed by atoms with Gasteiger partial charge in [-0.3, -0.25) is 9.69 Å². The molecule has 20 heavy (non-hydrogen) atoms. The van der Waals surface area contributed by atoms with Crippen molar-refractivity contribution >= 4 is 11.7 Å². The van der Waals surface area contributed by atoms with E-state index < -0.39 is 0 Å². The lowest BCUT2D eigenvalue weighted by Gasteiger charge is -2.44. The van der Waals surface area contributed by atoms with Gasteiger partial charge >= 0.3 is 0 Å². The number of rotatable bonds is 2. The van der Waals surface area contributed by atoms with Crippen molar-refractivity contribution in [1.82, 2.24) is 14.8 Å². The molecule has 1 atom stereocenters. The van der Waals surface area contributed by atoms with Crippen LogP contribution in [0.3, 0.4) is 0 Å². The highest BCUT2D eigenvalue weighted by Gasteiger charge is 2.32. The molecule has 0 aliphatic carbocycles. The van der Waals surface area contributed by atoms with Gasteiger partial charge in [0.15, 0.2) is 5.82 Å². The first kappa shape index (κ1) is 13.3. The largest absolute Gasteiger partial charge is 0.336 e. The summed E-state index contributed by atoms with van der Waals surface area (Å²) in [5, 5.41) is 0. The standard InChI is InChI=1S/C14H21N5O/c15-17-13-12(5-3-6-16-13)14(20)19-9-8-18-7-2-1-4-11(18)10-19/h3,5-6,11H,1-2,4,7-10,15H2,(H,16,17). The highest BCUT2D eigenvalue weighted by atomic mass is 16.2. The van der Waals surface area contributed by atoms with E-state index >= 15 is 0 Å². The van der Waals surface area contributed by atoms with Gasteiger partial charge in [-0.2, -0.15) is 0 Å². The minimum Gasteiger partial charge on any atom is -0.336 e. The van der Waals surface area contributed by atoms with Crippen molar-refractivity contribution in [2.45, 2.75) is 25.3 Å². The van der Waals surface area contributed by atoms with Crippen LogP contribution in [-0.4, -0.2) is 52.9 Å². The Labute approximate surface area is 118 Å². The summed E-state index contributed by atoms with van der Waals surface area (Å²) in [5.41, 5.74) is 3.06. The van der Waals surface area contributed by atoms with Gasteiger partial charge in [-0.1, -0.05) is 6.42 Å². The number of hydrogen-bond acceptors (Lipinski definition) is 5. The van der Waals surface area contributed by atoms with Crippen LogP contribution >= 0.6 is 0 Å². The molecule has 2 aliphatic rings. The molecule has 108 valence electrons. The molecule has 0 aromatic carbocycles. The van der Waals surface area contributed by atoms with Gasteiger partial charge in [0.1, 0.15) is 0 Å².